The van der Waals surface area contributed by atoms with Gasteiger partial charge in [0.25, 0.3) is 0 Å². The number of carbonyl (C=O) groups is 1. The number of halogens is 1. The monoisotopic (exact) mass is 223 g/mol. The Morgan fingerprint density at radius 3 is 2.62 bits per heavy atom. The lowest BCUT2D eigenvalue weighted by atomic mass is 10.1. The molecule has 0 unspecified atom stereocenters. The second kappa shape index (κ2) is 5.90. The molecule has 0 aliphatic rings. The first kappa shape index (κ1) is 12.2. The van der Waals surface area contributed by atoms with E-state index in [2.05, 4.69) is 0 Å². The standard InChI is InChI=1S/C12H14FNO2/c1-2-16-12(15)8-11(14)7-9-3-5-10(13)6-4-9/h3-6,8H,2,7,14H2,1H3. The second-order valence-corrected chi connectivity index (χ2v) is 3.27. The van der Waals surface area contributed by atoms with E-state index in [9.17, 15) is 9.18 Å². The summed E-state index contributed by atoms with van der Waals surface area (Å²) in [6, 6.07) is 5.96. The van der Waals surface area contributed by atoms with Crippen molar-refractivity contribution < 1.29 is 13.9 Å². The molecule has 86 valence electrons. The zero-order valence-electron chi connectivity index (χ0n) is 9.07. The van der Waals surface area contributed by atoms with Gasteiger partial charge in [0.15, 0.2) is 0 Å². The predicted octanol–water partition coefficient (Wildman–Crippen LogP) is 1.77. The SMILES string of the molecule is CCOC(=O)C=C(N)Cc1ccc(F)cc1. The van der Waals surface area contributed by atoms with Gasteiger partial charge in [-0.2, -0.15) is 0 Å². The normalized spacial score (nSPS) is 11.2. The Hall–Kier alpha value is -1.84. The summed E-state index contributed by atoms with van der Waals surface area (Å²) in [6.07, 6.45) is 1.64. The summed E-state index contributed by atoms with van der Waals surface area (Å²) in [4.78, 5) is 11.1. The molecule has 0 aliphatic carbocycles. The zero-order valence-corrected chi connectivity index (χ0v) is 9.07. The molecule has 3 nitrogen and oxygen atoms in total. The molecule has 0 aliphatic heterocycles. The van der Waals surface area contributed by atoms with E-state index in [0.717, 1.165) is 5.56 Å². The average Bonchev–Trinajstić information content (AvgIpc) is 2.21. The number of nitrogens with two attached hydrogens (primary N) is 1. The first-order chi connectivity index (χ1) is 7.61. The van der Waals surface area contributed by atoms with Crippen molar-refractivity contribution in [3.63, 3.8) is 0 Å². The Kier molecular flexibility index (Phi) is 4.51. The summed E-state index contributed by atoms with van der Waals surface area (Å²) in [5, 5.41) is 0. The van der Waals surface area contributed by atoms with Crippen LogP contribution in [0.25, 0.3) is 0 Å². The molecule has 0 bridgehead atoms. The highest BCUT2D eigenvalue weighted by Gasteiger charge is 2.00. The van der Waals surface area contributed by atoms with Crippen LogP contribution in [0, 0.1) is 5.82 Å². The van der Waals surface area contributed by atoms with Gasteiger partial charge in [-0.25, -0.2) is 9.18 Å². The number of rotatable bonds is 4. The van der Waals surface area contributed by atoms with E-state index < -0.39 is 5.97 Å². The predicted molar refractivity (Wildman–Crippen MR) is 59.0 cm³/mol. The molecule has 1 aromatic rings. The third-order valence-corrected chi connectivity index (χ3v) is 1.91. The van der Waals surface area contributed by atoms with Crippen LogP contribution >= 0.6 is 0 Å². The smallest absolute Gasteiger partial charge is 0.332 e. The van der Waals surface area contributed by atoms with E-state index in [1.165, 1.54) is 18.2 Å². The summed E-state index contributed by atoms with van der Waals surface area (Å²) in [6.45, 7) is 2.04. The van der Waals surface area contributed by atoms with Crippen LogP contribution in [0.4, 0.5) is 4.39 Å². The fourth-order valence-corrected chi connectivity index (χ4v) is 1.22. The van der Waals surface area contributed by atoms with Crippen molar-refractivity contribution in [2.75, 3.05) is 6.61 Å². The molecular formula is C12H14FNO2. The number of carbonyl (C=O) groups excluding carboxylic acids is 1. The fraction of sp³-hybridized carbons (Fsp3) is 0.250. The number of hydrogen-bond acceptors (Lipinski definition) is 3. The minimum atomic E-state index is -0.456. The van der Waals surface area contributed by atoms with E-state index in [0.29, 0.717) is 18.7 Å². The highest BCUT2D eigenvalue weighted by atomic mass is 19.1. The third-order valence-electron chi connectivity index (χ3n) is 1.91. The maximum atomic E-state index is 12.6. The quantitative estimate of drug-likeness (QED) is 0.625. The molecule has 4 heteroatoms. The van der Waals surface area contributed by atoms with Crippen molar-refractivity contribution in [1.29, 1.82) is 0 Å². The number of ether oxygens (including phenoxy) is 1. The lowest BCUT2D eigenvalue weighted by molar-refractivity contribution is -0.137. The molecular weight excluding hydrogens is 209 g/mol. The van der Waals surface area contributed by atoms with Gasteiger partial charge in [-0.15, -0.1) is 0 Å². The number of allylic oxidation sites excluding steroid dienone is 1. The number of hydrogen-bond donors (Lipinski definition) is 1. The fourth-order valence-electron chi connectivity index (χ4n) is 1.22. The molecule has 0 heterocycles. The maximum Gasteiger partial charge on any atom is 0.332 e. The van der Waals surface area contributed by atoms with E-state index in [1.807, 2.05) is 0 Å². The molecule has 0 fully saturated rings. The minimum absolute atomic E-state index is 0.295. The summed E-state index contributed by atoms with van der Waals surface area (Å²) in [7, 11) is 0. The van der Waals surface area contributed by atoms with Gasteiger partial charge in [0.05, 0.1) is 6.61 Å². The number of esters is 1. The van der Waals surface area contributed by atoms with Gasteiger partial charge in [-0.05, 0) is 24.6 Å². The van der Waals surface area contributed by atoms with Gasteiger partial charge < -0.3 is 10.5 Å². The molecule has 0 amide bonds. The van der Waals surface area contributed by atoms with Gasteiger partial charge in [-0.1, -0.05) is 12.1 Å². The van der Waals surface area contributed by atoms with Crippen LogP contribution < -0.4 is 5.73 Å². The molecule has 0 radical (unpaired) electrons. The molecule has 0 spiro atoms. The summed E-state index contributed by atoms with van der Waals surface area (Å²) in [5.41, 5.74) is 6.88. The zero-order chi connectivity index (χ0) is 12.0. The average molecular weight is 223 g/mol. The summed E-state index contributed by atoms with van der Waals surface area (Å²) in [5.74, 6) is -0.751. The Morgan fingerprint density at radius 1 is 1.44 bits per heavy atom. The molecule has 0 aromatic heterocycles. The van der Waals surface area contributed by atoms with Crippen LogP contribution in [-0.2, 0) is 16.0 Å². The van der Waals surface area contributed by atoms with Gasteiger partial charge >= 0.3 is 5.97 Å². The van der Waals surface area contributed by atoms with Gasteiger partial charge in [-0.3, -0.25) is 0 Å². The van der Waals surface area contributed by atoms with Gasteiger partial charge in [0.1, 0.15) is 5.82 Å². The molecule has 1 rings (SSSR count). The van der Waals surface area contributed by atoms with Crippen LogP contribution in [0.1, 0.15) is 12.5 Å². The molecule has 0 atom stereocenters. The Morgan fingerprint density at radius 2 is 2.06 bits per heavy atom. The van der Waals surface area contributed by atoms with Crippen molar-refractivity contribution in [3.05, 3.63) is 47.4 Å². The van der Waals surface area contributed by atoms with Crippen molar-refractivity contribution in [3.8, 4) is 0 Å². The second-order valence-electron chi connectivity index (χ2n) is 3.27. The van der Waals surface area contributed by atoms with Crippen molar-refractivity contribution in [2.24, 2.45) is 5.73 Å². The Bertz CT molecular complexity index is 385. The first-order valence-corrected chi connectivity index (χ1v) is 4.99. The van der Waals surface area contributed by atoms with Crippen LogP contribution in [0.5, 0.6) is 0 Å². The maximum absolute atomic E-state index is 12.6. The lowest BCUT2D eigenvalue weighted by Gasteiger charge is -2.02. The first-order valence-electron chi connectivity index (χ1n) is 4.99. The van der Waals surface area contributed by atoms with Crippen molar-refractivity contribution >= 4 is 5.97 Å². The van der Waals surface area contributed by atoms with Gasteiger partial charge in [0, 0.05) is 18.2 Å². The number of benzene rings is 1. The van der Waals surface area contributed by atoms with Crippen LogP contribution in [0.2, 0.25) is 0 Å². The Labute approximate surface area is 93.7 Å². The highest BCUT2D eigenvalue weighted by Crippen LogP contribution is 2.06. The van der Waals surface area contributed by atoms with Crippen LogP contribution in [0.3, 0.4) is 0 Å². The van der Waals surface area contributed by atoms with E-state index in [1.54, 1.807) is 19.1 Å². The van der Waals surface area contributed by atoms with Crippen LogP contribution in [0.15, 0.2) is 36.0 Å². The molecule has 1 aromatic carbocycles. The van der Waals surface area contributed by atoms with E-state index >= 15 is 0 Å². The lowest BCUT2D eigenvalue weighted by Crippen LogP contribution is -2.07. The topological polar surface area (TPSA) is 52.3 Å². The molecule has 16 heavy (non-hydrogen) atoms. The molecule has 0 saturated carbocycles. The van der Waals surface area contributed by atoms with E-state index in [4.69, 9.17) is 10.5 Å². The summed E-state index contributed by atoms with van der Waals surface area (Å²) < 4.78 is 17.3. The highest BCUT2D eigenvalue weighted by molar-refractivity contribution is 5.82. The van der Waals surface area contributed by atoms with Crippen molar-refractivity contribution in [1.82, 2.24) is 0 Å². The Balaban J connectivity index is 2.60. The van der Waals surface area contributed by atoms with Gasteiger partial charge in [0.2, 0.25) is 0 Å². The molecule has 0 saturated heterocycles. The van der Waals surface area contributed by atoms with E-state index in [-0.39, 0.29) is 5.82 Å². The van der Waals surface area contributed by atoms with Crippen LogP contribution in [-0.4, -0.2) is 12.6 Å². The summed E-state index contributed by atoms with van der Waals surface area (Å²) >= 11 is 0. The largest absolute Gasteiger partial charge is 0.463 e. The minimum Gasteiger partial charge on any atom is -0.463 e. The third kappa shape index (κ3) is 4.13. The van der Waals surface area contributed by atoms with Crippen molar-refractivity contribution in [2.45, 2.75) is 13.3 Å². The molecule has 2 N–H and O–H groups in total.